The van der Waals surface area contributed by atoms with Crippen molar-refractivity contribution >= 4 is 11.6 Å². The Bertz CT molecular complexity index is 635. The lowest BCUT2D eigenvalue weighted by Gasteiger charge is -2.17. The SMILES string of the molecule is COc1ccc(Cl)cc1CC(O)c1ccccc1C1CC1. The molecule has 2 nitrogen and oxygen atoms in total. The Morgan fingerprint density at radius 3 is 2.71 bits per heavy atom. The number of halogens is 1. The molecule has 0 saturated heterocycles. The molecule has 1 aliphatic rings. The zero-order valence-corrected chi connectivity index (χ0v) is 12.8. The lowest BCUT2D eigenvalue weighted by atomic mass is 9.94. The molecular weight excluding hydrogens is 284 g/mol. The van der Waals surface area contributed by atoms with Gasteiger partial charge in [-0.2, -0.15) is 0 Å². The summed E-state index contributed by atoms with van der Waals surface area (Å²) in [7, 11) is 1.64. The van der Waals surface area contributed by atoms with Crippen molar-refractivity contribution < 1.29 is 9.84 Å². The lowest BCUT2D eigenvalue weighted by molar-refractivity contribution is 0.176. The predicted octanol–water partition coefficient (Wildman–Crippen LogP) is 4.50. The maximum atomic E-state index is 10.6. The molecule has 1 saturated carbocycles. The molecule has 1 unspecified atom stereocenters. The van der Waals surface area contributed by atoms with E-state index in [0.717, 1.165) is 16.9 Å². The summed E-state index contributed by atoms with van der Waals surface area (Å²) in [4.78, 5) is 0. The largest absolute Gasteiger partial charge is 0.496 e. The summed E-state index contributed by atoms with van der Waals surface area (Å²) in [5.41, 5.74) is 3.25. The zero-order valence-electron chi connectivity index (χ0n) is 12.1. The van der Waals surface area contributed by atoms with Gasteiger partial charge in [-0.1, -0.05) is 35.9 Å². The number of aliphatic hydroxyl groups excluding tert-OH is 1. The van der Waals surface area contributed by atoms with Crippen molar-refractivity contribution in [3.8, 4) is 5.75 Å². The molecule has 0 spiro atoms. The maximum absolute atomic E-state index is 10.6. The van der Waals surface area contributed by atoms with E-state index in [0.29, 0.717) is 17.4 Å². The molecule has 1 atom stereocenters. The van der Waals surface area contributed by atoms with Crippen LogP contribution in [0.15, 0.2) is 42.5 Å². The van der Waals surface area contributed by atoms with E-state index in [2.05, 4.69) is 6.07 Å². The molecule has 0 aromatic heterocycles. The summed E-state index contributed by atoms with van der Waals surface area (Å²) in [5, 5.41) is 11.3. The van der Waals surface area contributed by atoms with Gasteiger partial charge in [0, 0.05) is 11.4 Å². The van der Waals surface area contributed by atoms with Crippen molar-refractivity contribution in [1.29, 1.82) is 0 Å². The van der Waals surface area contributed by atoms with Gasteiger partial charge in [0.2, 0.25) is 0 Å². The average Bonchev–Trinajstić information content (AvgIpc) is 3.32. The van der Waals surface area contributed by atoms with Crippen LogP contribution in [-0.4, -0.2) is 12.2 Å². The fraction of sp³-hybridized carbons (Fsp3) is 0.333. The third kappa shape index (κ3) is 3.22. The van der Waals surface area contributed by atoms with Crippen LogP contribution in [0.3, 0.4) is 0 Å². The van der Waals surface area contributed by atoms with Crippen molar-refractivity contribution in [3.05, 3.63) is 64.2 Å². The van der Waals surface area contributed by atoms with Gasteiger partial charge in [0.05, 0.1) is 13.2 Å². The first-order valence-corrected chi connectivity index (χ1v) is 7.66. The van der Waals surface area contributed by atoms with Gasteiger partial charge in [0.1, 0.15) is 5.75 Å². The van der Waals surface area contributed by atoms with Crippen molar-refractivity contribution in [3.63, 3.8) is 0 Å². The number of aliphatic hydroxyl groups is 1. The minimum atomic E-state index is -0.533. The van der Waals surface area contributed by atoms with E-state index >= 15 is 0 Å². The number of ether oxygens (including phenoxy) is 1. The van der Waals surface area contributed by atoms with Crippen LogP contribution in [0.1, 0.15) is 41.6 Å². The van der Waals surface area contributed by atoms with Crippen LogP contribution in [0.5, 0.6) is 5.75 Å². The lowest BCUT2D eigenvalue weighted by Crippen LogP contribution is -2.06. The molecule has 2 aromatic rings. The van der Waals surface area contributed by atoms with Gasteiger partial charge in [0.25, 0.3) is 0 Å². The quantitative estimate of drug-likeness (QED) is 0.881. The van der Waals surface area contributed by atoms with E-state index in [9.17, 15) is 5.11 Å². The van der Waals surface area contributed by atoms with Crippen LogP contribution in [-0.2, 0) is 6.42 Å². The summed E-state index contributed by atoms with van der Waals surface area (Å²) in [5.74, 6) is 1.39. The fourth-order valence-electron chi connectivity index (χ4n) is 2.81. The van der Waals surface area contributed by atoms with Crippen molar-refractivity contribution in [2.45, 2.75) is 31.3 Å². The normalized spacial score (nSPS) is 15.8. The molecule has 1 aliphatic carbocycles. The molecular formula is C18H19ClO2. The molecule has 3 heteroatoms. The van der Waals surface area contributed by atoms with Crippen LogP contribution in [0.4, 0.5) is 0 Å². The molecule has 21 heavy (non-hydrogen) atoms. The van der Waals surface area contributed by atoms with E-state index in [-0.39, 0.29) is 0 Å². The highest BCUT2D eigenvalue weighted by Gasteiger charge is 2.27. The summed E-state index contributed by atoms with van der Waals surface area (Å²) >= 11 is 6.06. The molecule has 1 fully saturated rings. The topological polar surface area (TPSA) is 29.5 Å². The molecule has 0 heterocycles. The Balaban J connectivity index is 1.86. The van der Waals surface area contributed by atoms with Crippen LogP contribution in [0.2, 0.25) is 5.02 Å². The first kappa shape index (κ1) is 14.4. The third-order valence-electron chi connectivity index (χ3n) is 4.03. The summed E-state index contributed by atoms with van der Waals surface area (Å²) < 4.78 is 5.36. The predicted molar refractivity (Wildman–Crippen MR) is 85.1 cm³/mol. The van der Waals surface area contributed by atoms with Gasteiger partial charge in [-0.25, -0.2) is 0 Å². The number of hydrogen-bond acceptors (Lipinski definition) is 2. The van der Waals surface area contributed by atoms with Crippen LogP contribution >= 0.6 is 11.6 Å². The smallest absolute Gasteiger partial charge is 0.122 e. The minimum Gasteiger partial charge on any atom is -0.496 e. The second-order valence-electron chi connectivity index (χ2n) is 5.58. The highest BCUT2D eigenvalue weighted by Crippen LogP contribution is 2.43. The Morgan fingerprint density at radius 2 is 2.00 bits per heavy atom. The highest BCUT2D eigenvalue weighted by atomic mass is 35.5. The molecule has 0 aliphatic heterocycles. The Morgan fingerprint density at radius 1 is 1.24 bits per heavy atom. The average molecular weight is 303 g/mol. The standard InChI is InChI=1S/C18H19ClO2/c1-21-18-9-8-14(19)10-13(18)11-17(20)16-5-3-2-4-15(16)12-6-7-12/h2-5,8-10,12,17,20H,6-7,11H2,1H3. The van der Waals surface area contributed by atoms with Gasteiger partial charge < -0.3 is 9.84 Å². The molecule has 0 bridgehead atoms. The van der Waals surface area contributed by atoms with Crippen LogP contribution in [0.25, 0.3) is 0 Å². The number of rotatable bonds is 5. The number of benzene rings is 2. The molecule has 2 aromatic carbocycles. The van der Waals surface area contributed by atoms with E-state index in [1.165, 1.54) is 18.4 Å². The minimum absolute atomic E-state index is 0.507. The van der Waals surface area contributed by atoms with Gasteiger partial charge in [-0.15, -0.1) is 0 Å². The van der Waals surface area contributed by atoms with Crippen LogP contribution in [0, 0.1) is 0 Å². The Labute approximate surface area is 130 Å². The summed E-state index contributed by atoms with van der Waals surface area (Å²) in [6, 6.07) is 13.7. The fourth-order valence-corrected chi connectivity index (χ4v) is 3.00. The van der Waals surface area contributed by atoms with Crippen LogP contribution < -0.4 is 4.74 Å². The highest BCUT2D eigenvalue weighted by molar-refractivity contribution is 6.30. The first-order valence-electron chi connectivity index (χ1n) is 7.28. The van der Waals surface area contributed by atoms with Crippen molar-refractivity contribution in [2.24, 2.45) is 0 Å². The Kier molecular flexibility index (Phi) is 4.18. The number of methoxy groups -OCH3 is 1. The van der Waals surface area contributed by atoms with Crippen molar-refractivity contribution in [2.75, 3.05) is 7.11 Å². The van der Waals surface area contributed by atoms with Gasteiger partial charge in [-0.05, 0) is 53.6 Å². The van der Waals surface area contributed by atoms with Crippen molar-refractivity contribution in [1.82, 2.24) is 0 Å². The number of hydrogen-bond donors (Lipinski definition) is 1. The van der Waals surface area contributed by atoms with Gasteiger partial charge in [0.15, 0.2) is 0 Å². The maximum Gasteiger partial charge on any atom is 0.122 e. The van der Waals surface area contributed by atoms with E-state index in [1.54, 1.807) is 13.2 Å². The molecule has 3 rings (SSSR count). The Hall–Kier alpha value is -1.51. The molecule has 0 amide bonds. The van der Waals surface area contributed by atoms with E-state index < -0.39 is 6.10 Å². The second kappa shape index (κ2) is 6.08. The molecule has 1 N–H and O–H groups in total. The monoisotopic (exact) mass is 302 g/mol. The van der Waals surface area contributed by atoms with Gasteiger partial charge >= 0.3 is 0 Å². The summed E-state index contributed by atoms with van der Waals surface area (Å²) in [6.45, 7) is 0. The second-order valence-corrected chi connectivity index (χ2v) is 6.02. The molecule has 110 valence electrons. The zero-order chi connectivity index (χ0) is 14.8. The van der Waals surface area contributed by atoms with E-state index in [1.807, 2.05) is 30.3 Å². The molecule has 0 radical (unpaired) electrons. The summed E-state index contributed by atoms with van der Waals surface area (Å²) in [6.07, 6.45) is 2.43. The van der Waals surface area contributed by atoms with E-state index in [4.69, 9.17) is 16.3 Å². The first-order chi connectivity index (χ1) is 10.2. The van der Waals surface area contributed by atoms with Gasteiger partial charge in [-0.3, -0.25) is 0 Å². The third-order valence-corrected chi connectivity index (χ3v) is 4.26.